The Morgan fingerprint density at radius 3 is 2.23 bits per heavy atom. The van der Waals surface area contributed by atoms with Gasteiger partial charge in [0.25, 0.3) is 0 Å². The normalized spacial score (nSPS) is 8.54. The molecule has 0 aromatic heterocycles. The topological polar surface area (TPSA) is 43.1 Å². The molecule has 0 spiro atoms. The van der Waals surface area contributed by atoms with Gasteiger partial charge < -0.3 is 5.73 Å². The monoisotopic (exact) mass is 263 g/mol. The Labute approximate surface area is 91.2 Å². The van der Waals surface area contributed by atoms with E-state index in [1.807, 2.05) is 24.3 Å². The van der Waals surface area contributed by atoms with Crippen LogP contribution in [0.2, 0.25) is 0 Å². The molecule has 0 fully saturated rings. The van der Waals surface area contributed by atoms with Crippen LogP contribution in [0.5, 0.6) is 0 Å². The van der Waals surface area contributed by atoms with Crippen molar-refractivity contribution in [2.45, 2.75) is 6.42 Å². The lowest BCUT2D eigenvalue weighted by molar-refractivity contribution is -0.117. The van der Waals surface area contributed by atoms with Gasteiger partial charge in [0.15, 0.2) is 0 Å². The zero-order valence-corrected chi connectivity index (χ0v) is 9.60. The first-order valence-electron chi connectivity index (χ1n) is 3.59. The Bertz CT molecular complexity index is 261. The summed E-state index contributed by atoms with van der Waals surface area (Å²) in [5, 5.41) is 0. The molecule has 0 saturated carbocycles. The Hall–Kier alpha value is -0.540. The highest BCUT2D eigenvalue weighted by molar-refractivity contribution is 9.10. The minimum absolute atomic E-state index is 0.299. The molecule has 0 unspecified atom stereocenters. The van der Waals surface area contributed by atoms with Crippen molar-refractivity contribution in [1.82, 2.24) is 0 Å². The van der Waals surface area contributed by atoms with Gasteiger partial charge in [-0.2, -0.15) is 0 Å². The summed E-state index contributed by atoms with van der Waals surface area (Å²) in [4.78, 5) is 10.5. The van der Waals surface area contributed by atoms with Crippen LogP contribution in [0.3, 0.4) is 0 Å². The van der Waals surface area contributed by atoms with Gasteiger partial charge in [0.1, 0.15) is 0 Å². The molecule has 4 heteroatoms. The summed E-state index contributed by atoms with van der Waals surface area (Å²) in [5.41, 5.74) is 5.96. The third kappa shape index (κ3) is 5.66. The summed E-state index contributed by atoms with van der Waals surface area (Å²) in [6, 6.07) is 7.51. The molecular weight excluding hydrogens is 253 g/mol. The number of primary amides is 1. The number of carbonyl (C=O) groups excluding carboxylic acids is 1. The molecule has 1 aromatic rings. The second-order valence-electron chi connectivity index (χ2n) is 2.27. The van der Waals surface area contributed by atoms with Crippen molar-refractivity contribution in [2.75, 3.05) is 6.38 Å². The van der Waals surface area contributed by atoms with E-state index < -0.39 is 0 Å². The average molecular weight is 265 g/mol. The van der Waals surface area contributed by atoms with E-state index in [2.05, 4.69) is 27.5 Å². The molecule has 0 bridgehead atoms. The lowest BCUT2D eigenvalue weighted by Crippen LogP contribution is -2.13. The molecule has 1 amide bonds. The highest BCUT2D eigenvalue weighted by Crippen LogP contribution is 2.10. The van der Waals surface area contributed by atoms with Gasteiger partial charge >= 0.3 is 0 Å². The Morgan fingerprint density at radius 1 is 1.38 bits per heavy atom. The number of nitrogens with two attached hydrogens (primary N) is 1. The van der Waals surface area contributed by atoms with Gasteiger partial charge in [-0.25, -0.2) is 0 Å². The van der Waals surface area contributed by atoms with Gasteiger partial charge in [-0.15, -0.1) is 11.6 Å². The number of amides is 1. The van der Waals surface area contributed by atoms with Crippen molar-refractivity contribution in [1.29, 1.82) is 0 Å². The van der Waals surface area contributed by atoms with E-state index >= 15 is 0 Å². The summed E-state index contributed by atoms with van der Waals surface area (Å²) in [6.45, 7) is 0. The second-order valence-corrected chi connectivity index (χ2v) is 3.19. The third-order valence-corrected chi connectivity index (χ3v) is 1.82. The Kier molecular flexibility index (Phi) is 6.63. The summed E-state index contributed by atoms with van der Waals surface area (Å²) in [6.07, 6.45) is 1.78. The Balaban J connectivity index is 0.000000671. The molecule has 0 radical (unpaired) electrons. The number of halogens is 2. The third-order valence-electron chi connectivity index (χ3n) is 1.29. The van der Waals surface area contributed by atoms with Gasteiger partial charge in [0.05, 0.1) is 6.42 Å². The van der Waals surface area contributed by atoms with Gasteiger partial charge in [-0.05, 0) is 17.7 Å². The maximum Gasteiger partial charge on any atom is 0.221 e. The van der Waals surface area contributed by atoms with Crippen molar-refractivity contribution < 1.29 is 4.79 Å². The molecule has 0 aliphatic carbocycles. The van der Waals surface area contributed by atoms with Crippen LogP contribution in [0, 0.1) is 0 Å². The van der Waals surface area contributed by atoms with Crippen molar-refractivity contribution in [3.05, 3.63) is 34.3 Å². The van der Waals surface area contributed by atoms with Crippen LogP contribution in [0.1, 0.15) is 5.56 Å². The molecular formula is C9H11BrClNO. The number of hydrogen-bond donors (Lipinski definition) is 1. The second kappa shape index (κ2) is 6.92. The van der Waals surface area contributed by atoms with Crippen LogP contribution in [0.25, 0.3) is 0 Å². The fourth-order valence-electron chi connectivity index (χ4n) is 0.803. The average Bonchev–Trinajstić information content (AvgIpc) is 2.12. The molecule has 13 heavy (non-hydrogen) atoms. The van der Waals surface area contributed by atoms with E-state index in [9.17, 15) is 4.79 Å². The van der Waals surface area contributed by atoms with E-state index in [-0.39, 0.29) is 5.91 Å². The fourth-order valence-corrected chi connectivity index (χ4v) is 1.07. The minimum atomic E-state index is -0.299. The van der Waals surface area contributed by atoms with Crippen LogP contribution < -0.4 is 5.73 Å². The first-order chi connectivity index (χ1) is 6.18. The zero-order chi connectivity index (χ0) is 10.3. The largest absolute Gasteiger partial charge is 0.369 e. The van der Waals surface area contributed by atoms with E-state index in [0.29, 0.717) is 6.42 Å². The van der Waals surface area contributed by atoms with E-state index in [0.717, 1.165) is 10.0 Å². The summed E-state index contributed by atoms with van der Waals surface area (Å²) < 4.78 is 1.01. The van der Waals surface area contributed by atoms with Crippen LogP contribution in [0.4, 0.5) is 0 Å². The molecule has 2 nitrogen and oxygen atoms in total. The number of alkyl halides is 1. The van der Waals surface area contributed by atoms with Gasteiger partial charge in [0, 0.05) is 10.9 Å². The van der Waals surface area contributed by atoms with Crippen molar-refractivity contribution in [3.63, 3.8) is 0 Å². The van der Waals surface area contributed by atoms with E-state index in [1.165, 1.54) is 6.38 Å². The first kappa shape index (κ1) is 12.5. The molecule has 0 atom stereocenters. The fraction of sp³-hybridized carbons (Fsp3) is 0.222. The summed E-state index contributed by atoms with van der Waals surface area (Å²) in [5.74, 6) is -0.299. The summed E-state index contributed by atoms with van der Waals surface area (Å²) >= 11 is 7.93. The van der Waals surface area contributed by atoms with Crippen molar-refractivity contribution >= 4 is 33.4 Å². The predicted octanol–water partition coefficient (Wildman–Crippen LogP) is 2.33. The molecule has 2 N–H and O–H groups in total. The minimum Gasteiger partial charge on any atom is -0.369 e. The quantitative estimate of drug-likeness (QED) is 0.819. The van der Waals surface area contributed by atoms with Crippen molar-refractivity contribution in [3.8, 4) is 0 Å². The first-order valence-corrected chi connectivity index (χ1v) is 5.14. The van der Waals surface area contributed by atoms with Gasteiger partial charge in [0.2, 0.25) is 5.91 Å². The highest BCUT2D eigenvalue weighted by atomic mass is 79.9. The highest BCUT2D eigenvalue weighted by Gasteiger charge is 1.96. The zero-order valence-electron chi connectivity index (χ0n) is 7.26. The van der Waals surface area contributed by atoms with Crippen LogP contribution in [0.15, 0.2) is 28.7 Å². The molecule has 0 heterocycles. The molecule has 1 rings (SSSR count). The smallest absolute Gasteiger partial charge is 0.221 e. The summed E-state index contributed by atoms with van der Waals surface area (Å²) in [7, 11) is 0. The van der Waals surface area contributed by atoms with E-state index in [4.69, 9.17) is 5.73 Å². The molecule has 0 saturated heterocycles. The molecule has 72 valence electrons. The lowest BCUT2D eigenvalue weighted by atomic mass is 10.1. The van der Waals surface area contributed by atoms with Crippen LogP contribution >= 0.6 is 27.5 Å². The number of hydrogen-bond acceptors (Lipinski definition) is 1. The van der Waals surface area contributed by atoms with Crippen LogP contribution in [-0.4, -0.2) is 12.3 Å². The maximum absolute atomic E-state index is 10.5. The number of carbonyl (C=O) groups is 1. The molecule has 0 aliphatic rings. The Morgan fingerprint density at radius 2 is 1.85 bits per heavy atom. The standard InChI is InChI=1S/C8H8BrNO.CH3Cl/c9-7-3-1-6(2-4-7)5-8(10)11;1-2/h1-4H,5H2,(H2,10,11);1H3. The van der Waals surface area contributed by atoms with E-state index in [1.54, 1.807) is 0 Å². The lowest BCUT2D eigenvalue weighted by Gasteiger charge is -1.95. The predicted molar refractivity (Wildman–Crippen MR) is 58.8 cm³/mol. The molecule has 1 aromatic carbocycles. The SMILES string of the molecule is CCl.NC(=O)Cc1ccc(Br)cc1. The van der Waals surface area contributed by atoms with Crippen molar-refractivity contribution in [2.24, 2.45) is 5.73 Å². The molecule has 0 aliphatic heterocycles. The van der Waals surface area contributed by atoms with Gasteiger partial charge in [-0.3, -0.25) is 4.79 Å². The van der Waals surface area contributed by atoms with Gasteiger partial charge in [-0.1, -0.05) is 28.1 Å². The number of benzene rings is 1. The van der Waals surface area contributed by atoms with Crippen LogP contribution in [-0.2, 0) is 11.2 Å². The maximum atomic E-state index is 10.5. The number of rotatable bonds is 2.